The van der Waals surface area contributed by atoms with Gasteiger partial charge in [-0.3, -0.25) is 0 Å². The number of hydrogen-bond acceptors (Lipinski definition) is 4. The Labute approximate surface area is 288 Å². The molecule has 0 unspecified atom stereocenters. The summed E-state index contributed by atoms with van der Waals surface area (Å²) in [7, 11) is -2.60. The summed E-state index contributed by atoms with van der Waals surface area (Å²) in [5.41, 5.74) is 5.45. The Morgan fingerprint density at radius 3 is 1.31 bits per heavy atom. The highest BCUT2D eigenvalue weighted by molar-refractivity contribution is 7.19. The van der Waals surface area contributed by atoms with Crippen molar-refractivity contribution >= 4 is 45.8 Å². The lowest BCUT2D eigenvalue weighted by molar-refractivity contribution is 0.549. The summed E-state index contributed by atoms with van der Waals surface area (Å²) >= 11 is 0. The van der Waals surface area contributed by atoms with Crippen LogP contribution < -0.4 is 25.6 Å². The van der Waals surface area contributed by atoms with Gasteiger partial charge in [-0.2, -0.15) is 0 Å². The first-order valence-electron chi connectivity index (χ1n) is 16.7. The third kappa shape index (κ3) is 5.86. The fourth-order valence-electron chi connectivity index (χ4n) is 7.02. The van der Waals surface area contributed by atoms with E-state index < -0.39 is 8.07 Å². The fourth-order valence-corrected chi connectivity index (χ4v) is 11.8. The molecule has 7 aromatic rings. The van der Waals surface area contributed by atoms with Gasteiger partial charge in [-0.05, 0) is 76.1 Å². The highest BCUT2D eigenvalue weighted by Crippen LogP contribution is 2.36. The predicted molar refractivity (Wildman–Crippen MR) is 204 cm³/mol. The average Bonchev–Trinajstić information content (AvgIpc) is 3.69. The molecule has 1 heterocycles. The number of para-hydroxylation sites is 2. The van der Waals surface area contributed by atoms with Gasteiger partial charge in [0.15, 0.2) is 8.07 Å². The van der Waals surface area contributed by atoms with E-state index >= 15 is 0 Å². The van der Waals surface area contributed by atoms with Gasteiger partial charge in [0, 0.05) is 28.2 Å². The van der Waals surface area contributed by atoms with Gasteiger partial charge < -0.3 is 9.32 Å². The van der Waals surface area contributed by atoms with Crippen molar-refractivity contribution in [3.8, 4) is 11.5 Å². The Bertz CT molecular complexity index is 2060. The Morgan fingerprint density at radius 1 is 0.429 bits per heavy atom. The van der Waals surface area contributed by atoms with Crippen molar-refractivity contribution in [1.82, 2.24) is 10.2 Å². The molecule has 0 amide bonds. The van der Waals surface area contributed by atoms with Crippen LogP contribution >= 0.6 is 0 Å². The first-order valence-corrected chi connectivity index (χ1v) is 18.7. The Kier molecular flexibility index (Phi) is 8.41. The molecule has 236 valence electrons. The Hall–Kier alpha value is -6.04. The van der Waals surface area contributed by atoms with Crippen LogP contribution in [0, 0.1) is 0 Å². The zero-order chi connectivity index (χ0) is 32.9. The van der Waals surface area contributed by atoms with E-state index in [0.29, 0.717) is 11.8 Å². The molecular formula is C44H35N3OSi. The summed E-state index contributed by atoms with van der Waals surface area (Å²) in [5.74, 6) is 1.10. The molecule has 6 aromatic carbocycles. The van der Waals surface area contributed by atoms with Gasteiger partial charge in [0.1, 0.15) is 0 Å². The minimum atomic E-state index is -2.60. The van der Waals surface area contributed by atoms with Gasteiger partial charge in [-0.15, -0.1) is 10.2 Å². The maximum absolute atomic E-state index is 6.33. The van der Waals surface area contributed by atoms with Crippen molar-refractivity contribution in [3.63, 3.8) is 0 Å². The van der Waals surface area contributed by atoms with Crippen LogP contribution in [0.5, 0.6) is 0 Å². The van der Waals surface area contributed by atoms with E-state index in [1.54, 1.807) is 0 Å². The molecule has 8 rings (SSSR count). The third-order valence-electron chi connectivity index (χ3n) is 9.33. The van der Waals surface area contributed by atoms with Crippen LogP contribution in [-0.4, -0.2) is 18.3 Å². The van der Waals surface area contributed by atoms with E-state index in [4.69, 9.17) is 4.42 Å². The molecule has 0 aliphatic heterocycles. The number of allylic oxidation sites excluding steroid dienone is 4. The van der Waals surface area contributed by atoms with Gasteiger partial charge in [0.05, 0.1) is 0 Å². The fraction of sp³-hybridized carbons (Fsp3) is 0.0455. The van der Waals surface area contributed by atoms with E-state index in [2.05, 4.69) is 203 Å². The molecule has 49 heavy (non-hydrogen) atoms. The predicted octanol–water partition coefficient (Wildman–Crippen LogP) is 8.01. The minimum Gasteiger partial charge on any atom is -0.416 e. The van der Waals surface area contributed by atoms with Gasteiger partial charge in [-0.1, -0.05) is 146 Å². The van der Waals surface area contributed by atoms with E-state index in [1.165, 1.54) is 26.4 Å². The number of nitrogens with zero attached hydrogens (tertiary/aromatic N) is 3. The molecule has 1 aromatic heterocycles. The lowest BCUT2D eigenvalue weighted by Gasteiger charge is -2.34. The topological polar surface area (TPSA) is 42.2 Å². The van der Waals surface area contributed by atoms with Crippen LogP contribution in [0.3, 0.4) is 0 Å². The van der Waals surface area contributed by atoms with Gasteiger partial charge in [-0.25, -0.2) is 0 Å². The van der Waals surface area contributed by atoms with E-state index in [9.17, 15) is 0 Å². The SMILES string of the molecule is C1=C(c2nnc(-c3ccc([Si](c4ccccc4)(c4ccccc4)c4ccccc4)cc3)o2)CCC(N(c2ccccc2)c2ccccc2)=C1. The van der Waals surface area contributed by atoms with Crippen molar-refractivity contribution in [2.45, 2.75) is 12.8 Å². The molecule has 0 radical (unpaired) electrons. The van der Waals surface area contributed by atoms with Crippen LogP contribution in [0.25, 0.3) is 17.0 Å². The zero-order valence-corrected chi connectivity index (χ0v) is 28.1. The lowest BCUT2D eigenvalue weighted by Crippen LogP contribution is -2.74. The highest BCUT2D eigenvalue weighted by Gasteiger charge is 2.41. The standard InChI is InChI=1S/C44H35N3OSi/c1-6-16-36(17-7-1)47(37-18-8-2-9-19-37)38-30-26-34(27-31-38)43-45-46-44(48-43)35-28-32-42(33-29-35)49(39-20-10-3-11-21-39,40-22-12-4-13-23-40)41-24-14-5-15-25-41/h1-26,28-30,32-33H,27,31H2. The molecule has 0 fully saturated rings. The van der Waals surface area contributed by atoms with E-state index in [0.717, 1.165) is 35.4 Å². The summed E-state index contributed by atoms with van der Waals surface area (Å²) in [6.07, 6.45) is 5.96. The normalized spacial score (nSPS) is 13.0. The summed E-state index contributed by atoms with van der Waals surface area (Å²) in [6, 6.07) is 62.6. The van der Waals surface area contributed by atoms with Crippen LogP contribution in [-0.2, 0) is 0 Å². The van der Waals surface area contributed by atoms with Crippen LogP contribution in [0.1, 0.15) is 18.7 Å². The quantitative estimate of drug-likeness (QED) is 0.117. The highest BCUT2D eigenvalue weighted by atomic mass is 28.3. The molecule has 0 saturated heterocycles. The summed E-state index contributed by atoms with van der Waals surface area (Å²) in [6.45, 7) is 0. The zero-order valence-electron chi connectivity index (χ0n) is 27.1. The first-order chi connectivity index (χ1) is 24.3. The maximum Gasteiger partial charge on any atom is 0.248 e. The second kappa shape index (κ2) is 13.6. The van der Waals surface area contributed by atoms with Gasteiger partial charge in [0.2, 0.25) is 11.8 Å². The molecule has 5 heteroatoms. The van der Waals surface area contributed by atoms with Crippen LogP contribution in [0.2, 0.25) is 0 Å². The third-order valence-corrected chi connectivity index (χ3v) is 14.1. The number of benzene rings is 6. The van der Waals surface area contributed by atoms with Crippen LogP contribution in [0.15, 0.2) is 198 Å². The number of anilines is 2. The van der Waals surface area contributed by atoms with Crippen molar-refractivity contribution in [2.24, 2.45) is 0 Å². The molecule has 0 spiro atoms. The molecule has 4 nitrogen and oxygen atoms in total. The van der Waals surface area contributed by atoms with Crippen molar-refractivity contribution < 1.29 is 4.42 Å². The largest absolute Gasteiger partial charge is 0.416 e. The number of aromatic nitrogens is 2. The van der Waals surface area contributed by atoms with Gasteiger partial charge >= 0.3 is 0 Å². The lowest BCUT2D eigenvalue weighted by atomic mass is 10.0. The molecule has 0 saturated carbocycles. The second-order valence-corrected chi connectivity index (χ2v) is 16.0. The molecule has 0 N–H and O–H groups in total. The Balaban J connectivity index is 1.12. The number of hydrogen-bond donors (Lipinski definition) is 0. The maximum atomic E-state index is 6.33. The van der Waals surface area contributed by atoms with Gasteiger partial charge in [0.25, 0.3) is 0 Å². The van der Waals surface area contributed by atoms with E-state index in [-0.39, 0.29) is 0 Å². The molecule has 0 atom stereocenters. The smallest absolute Gasteiger partial charge is 0.248 e. The molecule has 1 aliphatic carbocycles. The Morgan fingerprint density at radius 2 is 0.857 bits per heavy atom. The van der Waals surface area contributed by atoms with E-state index in [1.807, 2.05) is 0 Å². The summed E-state index contributed by atoms with van der Waals surface area (Å²) in [5, 5.41) is 14.3. The molecular weight excluding hydrogens is 615 g/mol. The van der Waals surface area contributed by atoms with Crippen molar-refractivity contribution in [1.29, 1.82) is 0 Å². The summed E-state index contributed by atoms with van der Waals surface area (Å²) in [4.78, 5) is 2.32. The van der Waals surface area contributed by atoms with Crippen LogP contribution in [0.4, 0.5) is 11.4 Å². The molecule has 1 aliphatic rings. The van der Waals surface area contributed by atoms with Crippen molar-refractivity contribution in [3.05, 3.63) is 200 Å². The minimum absolute atomic E-state index is 0.527. The average molecular weight is 650 g/mol. The first kappa shape index (κ1) is 30.3. The monoisotopic (exact) mass is 649 g/mol. The molecule has 0 bridgehead atoms. The van der Waals surface area contributed by atoms with Crippen molar-refractivity contribution in [2.75, 3.05) is 4.90 Å². The summed E-state index contributed by atoms with van der Waals surface area (Å²) < 4.78 is 6.33. The number of rotatable bonds is 9. The second-order valence-electron chi connectivity index (χ2n) is 12.2.